The van der Waals surface area contributed by atoms with Gasteiger partial charge in [0.05, 0.1) is 17.3 Å². The third-order valence-electron chi connectivity index (χ3n) is 4.65. The summed E-state index contributed by atoms with van der Waals surface area (Å²) >= 11 is 6.86. The van der Waals surface area contributed by atoms with Crippen molar-refractivity contribution in [2.75, 3.05) is 0 Å². The van der Waals surface area contributed by atoms with Crippen LogP contribution >= 0.6 is 31.9 Å². The first-order chi connectivity index (χ1) is 15.4. The van der Waals surface area contributed by atoms with Gasteiger partial charge in [-0.2, -0.15) is 0 Å². The van der Waals surface area contributed by atoms with E-state index < -0.39 is 17.8 Å². The summed E-state index contributed by atoms with van der Waals surface area (Å²) in [5.74, 6) is -0.398. The third-order valence-corrected chi connectivity index (χ3v) is 5.80. The van der Waals surface area contributed by atoms with Gasteiger partial charge in [-0.05, 0) is 69.5 Å². The maximum Gasteiger partial charge on any atom is 0.331 e. The fourth-order valence-electron chi connectivity index (χ4n) is 3.03. The van der Waals surface area contributed by atoms with Gasteiger partial charge in [-0.15, -0.1) is 0 Å². The van der Waals surface area contributed by atoms with Crippen molar-refractivity contribution in [3.05, 3.63) is 92.3 Å². The SMILES string of the molecule is O=C1NC(=O)N(Cc2ccco2)C(=O)/C1=C/c1ccc(OCc2ccc(Br)cc2)c(Br)c1. The highest BCUT2D eigenvalue weighted by Crippen LogP contribution is 2.28. The van der Waals surface area contributed by atoms with E-state index >= 15 is 0 Å². The van der Waals surface area contributed by atoms with Crippen LogP contribution in [0.2, 0.25) is 0 Å². The van der Waals surface area contributed by atoms with Gasteiger partial charge in [0.2, 0.25) is 0 Å². The summed E-state index contributed by atoms with van der Waals surface area (Å²) in [6.45, 7) is 0.311. The number of carbonyl (C=O) groups is 3. The minimum absolute atomic E-state index is 0.0746. The number of benzene rings is 2. The van der Waals surface area contributed by atoms with Crippen molar-refractivity contribution >= 4 is 55.8 Å². The molecule has 7 nitrogen and oxygen atoms in total. The first-order valence-electron chi connectivity index (χ1n) is 9.49. The molecule has 0 radical (unpaired) electrons. The van der Waals surface area contributed by atoms with Crippen molar-refractivity contribution in [2.24, 2.45) is 0 Å². The number of ether oxygens (including phenoxy) is 1. The van der Waals surface area contributed by atoms with E-state index in [0.29, 0.717) is 28.2 Å². The summed E-state index contributed by atoms with van der Waals surface area (Å²) in [6.07, 6.45) is 2.88. The minimum Gasteiger partial charge on any atom is -0.488 e. The van der Waals surface area contributed by atoms with Gasteiger partial charge in [0.1, 0.15) is 23.7 Å². The van der Waals surface area contributed by atoms with Crippen LogP contribution in [0.5, 0.6) is 5.75 Å². The number of halogens is 2. The van der Waals surface area contributed by atoms with Crippen molar-refractivity contribution in [1.82, 2.24) is 10.2 Å². The lowest BCUT2D eigenvalue weighted by Gasteiger charge is -2.25. The van der Waals surface area contributed by atoms with Crippen LogP contribution < -0.4 is 10.1 Å². The Morgan fingerprint density at radius 1 is 1.03 bits per heavy atom. The van der Waals surface area contributed by atoms with Crippen LogP contribution in [-0.2, 0) is 22.7 Å². The Balaban J connectivity index is 1.50. The van der Waals surface area contributed by atoms with Gasteiger partial charge in [-0.25, -0.2) is 4.79 Å². The Morgan fingerprint density at radius 3 is 2.50 bits per heavy atom. The molecule has 32 heavy (non-hydrogen) atoms. The number of hydrogen-bond acceptors (Lipinski definition) is 5. The smallest absolute Gasteiger partial charge is 0.331 e. The summed E-state index contributed by atoms with van der Waals surface area (Å²) in [6, 6.07) is 15.5. The van der Waals surface area contributed by atoms with Gasteiger partial charge in [-0.3, -0.25) is 19.8 Å². The van der Waals surface area contributed by atoms with E-state index in [0.717, 1.165) is 14.9 Å². The fourth-order valence-corrected chi connectivity index (χ4v) is 3.80. The van der Waals surface area contributed by atoms with Crippen LogP contribution in [0.25, 0.3) is 6.08 Å². The third kappa shape index (κ3) is 5.00. The predicted molar refractivity (Wildman–Crippen MR) is 123 cm³/mol. The number of nitrogens with zero attached hydrogens (tertiary/aromatic N) is 1. The number of furan rings is 1. The van der Waals surface area contributed by atoms with Crippen molar-refractivity contribution in [2.45, 2.75) is 13.2 Å². The second kappa shape index (κ2) is 9.54. The zero-order chi connectivity index (χ0) is 22.7. The van der Waals surface area contributed by atoms with E-state index in [4.69, 9.17) is 9.15 Å². The van der Waals surface area contributed by atoms with Crippen molar-refractivity contribution < 1.29 is 23.5 Å². The molecule has 1 saturated heterocycles. The van der Waals surface area contributed by atoms with Crippen molar-refractivity contribution in [3.63, 3.8) is 0 Å². The van der Waals surface area contributed by atoms with E-state index in [-0.39, 0.29) is 12.1 Å². The van der Waals surface area contributed by atoms with Gasteiger partial charge in [0.25, 0.3) is 11.8 Å². The molecule has 1 aromatic heterocycles. The molecular formula is C23H16Br2N2O5. The quantitative estimate of drug-likeness (QED) is 0.337. The molecule has 162 valence electrons. The van der Waals surface area contributed by atoms with Gasteiger partial charge < -0.3 is 9.15 Å². The first kappa shape index (κ1) is 22.0. The molecule has 0 unspecified atom stereocenters. The Kier molecular flexibility index (Phi) is 6.57. The second-order valence-electron chi connectivity index (χ2n) is 6.89. The van der Waals surface area contributed by atoms with Crippen LogP contribution in [0, 0.1) is 0 Å². The molecule has 9 heteroatoms. The molecule has 4 rings (SSSR count). The highest BCUT2D eigenvalue weighted by Gasteiger charge is 2.36. The summed E-state index contributed by atoms with van der Waals surface area (Å²) in [5, 5.41) is 2.19. The van der Waals surface area contributed by atoms with E-state index in [1.807, 2.05) is 24.3 Å². The Labute approximate surface area is 200 Å². The molecule has 1 fully saturated rings. The van der Waals surface area contributed by atoms with Gasteiger partial charge in [0, 0.05) is 4.47 Å². The second-order valence-corrected chi connectivity index (χ2v) is 8.66. The highest BCUT2D eigenvalue weighted by molar-refractivity contribution is 9.10. The van der Waals surface area contributed by atoms with E-state index in [2.05, 4.69) is 37.2 Å². The number of barbiturate groups is 1. The highest BCUT2D eigenvalue weighted by atomic mass is 79.9. The molecule has 4 amide bonds. The number of amides is 4. The minimum atomic E-state index is -0.786. The molecule has 0 aliphatic carbocycles. The van der Waals surface area contributed by atoms with Crippen LogP contribution in [0.3, 0.4) is 0 Å². The standard InChI is InChI=1S/C23H16Br2N2O5/c24-16-6-3-14(4-7-16)13-32-20-8-5-15(11-19(20)25)10-18-21(28)26-23(30)27(22(18)29)12-17-2-1-9-31-17/h1-11H,12-13H2,(H,26,28,30)/b18-10+. The summed E-state index contributed by atoms with van der Waals surface area (Å²) < 4.78 is 12.7. The van der Waals surface area contributed by atoms with Crippen LogP contribution in [0.4, 0.5) is 4.79 Å². The Hall–Kier alpha value is -3.17. The van der Waals surface area contributed by atoms with Gasteiger partial charge in [0.15, 0.2) is 0 Å². The molecule has 0 bridgehead atoms. The normalized spacial score (nSPS) is 15.2. The largest absolute Gasteiger partial charge is 0.488 e. The number of urea groups is 1. The molecule has 2 heterocycles. The monoisotopic (exact) mass is 558 g/mol. The number of nitrogens with one attached hydrogen (secondary N) is 1. The lowest BCUT2D eigenvalue weighted by Crippen LogP contribution is -2.53. The van der Waals surface area contributed by atoms with E-state index in [1.165, 1.54) is 12.3 Å². The maximum atomic E-state index is 12.8. The zero-order valence-corrected chi connectivity index (χ0v) is 19.7. The van der Waals surface area contributed by atoms with Crippen LogP contribution in [-0.4, -0.2) is 22.7 Å². The molecule has 0 saturated carbocycles. The maximum absolute atomic E-state index is 12.8. The lowest BCUT2D eigenvalue weighted by atomic mass is 10.1. The van der Waals surface area contributed by atoms with Crippen LogP contribution in [0.1, 0.15) is 16.9 Å². The molecule has 1 N–H and O–H groups in total. The average molecular weight is 560 g/mol. The Morgan fingerprint density at radius 2 is 1.81 bits per heavy atom. The lowest BCUT2D eigenvalue weighted by molar-refractivity contribution is -0.130. The Bertz CT molecular complexity index is 1200. The molecule has 1 aliphatic rings. The summed E-state index contributed by atoms with van der Waals surface area (Å²) in [5.41, 5.74) is 1.46. The summed E-state index contributed by atoms with van der Waals surface area (Å²) in [4.78, 5) is 38.1. The van der Waals surface area contributed by atoms with Crippen LogP contribution in [0.15, 0.2) is 79.8 Å². The van der Waals surface area contributed by atoms with Gasteiger partial charge >= 0.3 is 6.03 Å². The molecule has 0 spiro atoms. The number of hydrogen-bond donors (Lipinski definition) is 1. The van der Waals surface area contributed by atoms with Crippen molar-refractivity contribution in [1.29, 1.82) is 0 Å². The fraction of sp³-hybridized carbons (Fsp3) is 0.0870. The average Bonchev–Trinajstić information content (AvgIpc) is 3.28. The van der Waals surface area contributed by atoms with Crippen molar-refractivity contribution in [3.8, 4) is 5.75 Å². The molecular weight excluding hydrogens is 544 g/mol. The molecule has 2 aromatic carbocycles. The zero-order valence-electron chi connectivity index (χ0n) is 16.5. The molecule has 1 aliphatic heterocycles. The molecule has 3 aromatic rings. The molecule has 0 atom stereocenters. The topological polar surface area (TPSA) is 88.9 Å². The van der Waals surface area contributed by atoms with E-state index in [1.54, 1.807) is 30.3 Å². The number of imide groups is 2. The number of rotatable bonds is 6. The first-order valence-corrected chi connectivity index (χ1v) is 11.1. The summed E-state index contributed by atoms with van der Waals surface area (Å²) in [7, 11) is 0. The number of carbonyl (C=O) groups excluding carboxylic acids is 3. The van der Waals surface area contributed by atoms with E-state index in [9.17, 15) is 14.4 Å². The van der Waals surface area contributed by atoms with Gasteiger partial charge in [-0.1, -0.05) is 34.1 Å². The predicted octanol–water partition coefficient (Wildman–Crippen LogP) is 5.05.